The van der Waals surface area contributed by atoms with Crippen molar-refractivity contribution in [2.24, 2.45) is 23.7 Å². The van der Waals surface area contributed by atoms with Crippen molar-refractivity contribution < 1.29 is 9.90 Å². The van der Waals surface area contributed by atoms with E-state index in [1.807, 2.05) is 4.90 Å². The predicted molar refractivity (Wildman–Crippen MR) is 98.6 cm³/mol. The third kappa shape index (κ3) is 5.29. The van der Waals surface area contributed by atoms with Gasteiger partial charge in [0.1, 0.15) is 0 Å². The second-order valence-corrected chi connectivity index (χ2v) is 7.93. The van der Waals surface area contributed by atoms with E-state index in [1.165, 1.54) is 5.57 Å². The summed E-state index contributed by atoms with van der Waals surface area (Å²) in [5.41, 5.74) is 1.28. The first-order valence-corrected chi connectivity index (χ1v) is 9.62. The third-order valence-electron chi connectivity index (χ3n) is 5.97. The number of carbonyl (C=O) groups excluding carboxylic acids is 1. The van der Waals surface area contributed by atoms with E-state index < -0.39 is 0 Å². The van der Waals surface area contributed by atoms with Crippen molar-refractivity contribution in [1.82, 2.24) is 9.80 Å². The highest BCUT2D eigenvalue weighted by Crippen LogP contribution is 2.40. The van der Waals surface area contributed by atoms with Gasteiger partial charge in [-0.1, -0.05) is 25.5 Å². The number of β-amino-alcohol motifs (C(OH)–C–C–N with tert-alkyl or cyclic N) is 1. The molecule has 0 saturated carbocycles. The van der Waals surface area contributed by atoms with Gasteiger partial charge in [0.15, 0.2) is 0 Å². The molecule has 0 aromatic rings. The maximum atomic E-state index is 12.7. The number of hydrogen-bond acceptors (Lipinski definition) is 4. The van der Waals surface area contributed by atoms with Crippen LogP contribution in [0, 0.1) is 35.0 Å². The minimum Gasteiger partial charge on any atom is -0.395 e. The molecular weight excluding hydrogens is 314 g/mol. The van der Waals surface area contributed by atoms with Crippen molar-refractivity contribution in [3.63, 3.8) is 0 Å². The van der Waals surface area contributed by atoms with E-state index in [0.717, 1.165) is 32.6 Å². The van der Waals surface area contributed by atoms with Crippen molar-refractivity contribution in [3.8, 4) is 6.07 Å². The topological polar surface area (TPSA) is 67.6 Å². The Morgan fingerprint density at radius 3 is 2.60 bits per heavy atom. The largest absolute Gasteiger partial charge is 0.395 e. The monoisotopic (exact) mass is 347 g/mol. The van der Waals surface area contributed by atoms with Crippen LogP contribution in [0.1, 0.15) is 40.0 Å². The van der Waals surface area contributed by atoms with Gasteiger partial charge < -0.3 is 10.0 Å². The van der Waals surface area contributed by atoms with Crippen LogP contribution in [0.2, 0.25) is 0 Å². The molecule has 25 heavy (non-hydrogen) atoms. The summed E-state index contributed by atoms with van der Waals surface area (Å²) in [6.07, 6.45) is 4.44. The number of allylic oxidation sites excluding steroid dienone is 2. The quantitative estimate of drug-likeness (QED) is 0.749. The summed E-state index contributed by atoms with van der Waals surface area (Å²) in [5, 5.41) is 18.1. The van der Waals surface area contributed by atoms with E-state index in [4.69, 9.17) is 10.4 Å². The summed E-state index contributed by atoms with van der Waals surface area (Å²) in [6.45, 7) is 10.7. The van der Waals surface area contributed by atoms with E-state index in [9.17, 15) is 4.79 Å². The molecule has 1 saturated heterocycles. The first-order valence-electron chi connectivity index (χ1n) is 9.62. The number of carbonyl (C=O) groups is 1. The van der Waals surface area contributed by atoms with Crippen molar-refractivity contribution in [2.75, 3.05) is 39.3 Å². The molecule has 1 amide bonds. The summed E-state index contributed by atoms with van der Waals surface area (Å²) in [4.78, 5) is 16.9. The fraction of sp³-hybridized carbons (Fsp3) is 0.800. The Morgan fingerprint density at radius 2 is 2.04 bits per heavy atom. The van der Waals surface area contributed by atoms with E-state index >= 15 is 0 Å². The molecule has 5 nitrogen and oxygen atoms in total. The van der Waals surface area contributed by atoms with E-state index in [-0.39, 0.29) is 12.5 Å². The Balaban J connectivity index is 1.94. The fourth-order valence-corrected chi connectivity index (χ4v) is 4.32. The van der Waals surface area contributed by atoms with Crippen LogP contribution in [-0.2, 0) is 4.79 Å². The lowest BCUT2D eigenvalue weighted by molar-refractivity contribution is -0.134. The summed E-state index contributed by atoms with van der Waals surface area (Å²) in [6, 6.07) is 2.32. The zero-order valence-corrected chi connectivity index (χ0v) is 15.9. The molecule has 1 aliphatic heterocycles. The number of aliphatic hydroxyl groups is 1. The molecule has 2 rings (SSSR count). The minimum atomic E-state index is 0.181. The van der Waals surface area contributed by atoms with Crippen LogP contribution in [-0.4, -0.2) is 60.1 Å². The zero-order valence-electron chi connectivity index (χ0n) is 15.9. The molecule has 140 valence electrons. The lowest BCUT2D eigenvalue weighted by Crippen LogP contribution is -2.49. The Labute approximate surface area is 152 Å². The first-order chi connectivity index (χ1) is 12.0. The number of rotatable bonds is 6. The molecule has 0 unspecified atom stereocenters. The zero-order chi connectivity index (χ0) is 18.4. The summed E-state index contributed by atoms with van der Waals surface area (Å²) < 4.78 is 0. The smallest absolute Gasteiger partial charge is 0.223 e. The second-order valence-electron chi connectivity index (χ2n) is 7.93. The van der Waals surface area contributed by atoms with Crippen molar-refractivity contribution >= 4 is 5.91 Å². The SMILES string of the molecule is CC1=C[C@@H](CC#N)[C@H](C(C)C)C[C@H]1CC(=O)N1CCN(CCO)CC1. The lowest BCUT2D eigenvalue weighted by atomic mass is 9.69. The van der Waals surface area contributed by atoms with Gasteiger partial charge in [0.05, 0.1) is 12.7 Å². The van der Waals surface area contributed by atoms with Crippen molar-refractivity contribution in [1.29, 1.82) is 5.26 Å². The molecule has 0 bridgehead atoms. The summed E-state index contributed by atoms with van der Waals surface area (Å²) in [5.74, 6) is 1.91. The Morgan fingerprint density at radius 1 is 1.36 bits per heavy atom. The lowest BCUT2D eigenvalue weighted by Gasteiger charge is -2.38. The normalized spacial score (nSPS) is 27.9. The first kappa shape index (κ1) is 19.9. The van der Waals surface area contributed by atoms with Gasteiger partial charge in [-0.2, -0.15) is 5.26 Å². The van der Waals surface area contributed by atoms with Crippen LogP contribution in [0.4, 0.5) is 0 Å². The number of nitrogens with zero attached hydrogens (tertiary/aromatic N) is 3. The summed E-state index contributed by atoms with van der Waals surface area (Å²) >= 11 is 0. The van der Waals surface area contributed by atoms with Crippen LogP contribution < -0.4 is 0 Å². The fourth-order valence-electron chi connectivity index (χ4n) is 4.32. The van der Waals surface area contributed by atoms with Gasteiger partial charge in [-0.3, -0.25) is 9.69 Å². The Hall–Kier alpha value is -1.38. The number of nitriles is 1. The van der Waals surface area contributed by atoms with Crippen LogP contribution >= 0.6 is 0 Å². The molecule has 1 N–H and O–H groups in total. The third-order valence-corrected chi connectivity index (χ3v) is 5.97. The summed E-state index contributed by atoms with van der Waals surface area (Å²) in [7, 11) is 0. The van der Waals surface area contributed by atoms with E-state index in [1.54, 1.807) is 0 Å². The molecule has 1 fully saturated rings. The minimum absolute atomic E-state index is 0.181. The van der Waals surface area contributed by atoms with Crippen molar-refractivity contribution in [3.05, 3.63) is 11.6 Å². The number of aliphatic hydroxyl groups excluding tert-OH is 1. The Bertz CT molecular complexity index is 516. The molecule has 0 radical (unpaired) electrons. The molecule has 5 heteroatoms. The van der Waals surface area contributed by atoms with Crippen LogP contribution in [0.3, 0.4) is 0 Å². The number of piperazine rings is 1. The molecule has 3 atom stereocenters. The number of hydrogen-bond donors (Lipinski definition) is 1. The van der Waals surface area contributed by atoms with Crippen LogP contribution in [0.5, 0.6) is 0 Å². The van der Waals surface area contributed by atoms with Crippen LogP contribution in [0.25, 0.3) is 0 Å². The van der Waals surface area contributed by atoms with Gasteiger partial charge in [-0.25, -0.2) is 0 Å². The van der Waals surface area contributed by atoms with Crippen LogP contribution in [0.15, 0.2) is 11.6 Å². The van der Waals surface area contributed by atoms with Crippen molar-refractivity contribution in [2.45, 2.75) is 40.0 Å². The molecule has 0 aromatic heterocycles. The molecular formula is C20H33N3O2. The Kier molecular flexibility index (Phi) is 7.46. The molecule has 2 aliphatic rings. The van der Waals surface area contributed by atoms with E-state index in [2.05, 4.69) is 37.8 Å². The average molecular weight is 348 g/mol. The molecule has 0 spiro atoms. The molecule has 1 aliphatic carbocycles. The maximum absolute atomic E-state index is 12.7. The standard InChI is InChI=1S/C20H33N3O2/c1-15(2)19-13-18(16(3)12-17(19)4-5-21)14-20(25)23-8-6-22(7-9-23)10-11-24/h12,15,17-19,24H,4,6-11,13-14H2,1-3H3/t17-,18+,19+/m1/s1. The van der Waals surface area contributed by atoms with Gasteiger partial charge >= 0.3 is 0 Å². The number of amides is 1. The van der Waals surface area contributed by atoms with E-state index in [0.29, 0.717) is 43.1 Å². The molecule has 0 aromatic carbocycles. The highest BCUT2D eigenvalue weighted by atomic mass is 16.3. The maximum Gasteiger partial charge on any atom is 0.223 e. The highest BCUT2D eigenvalue weighted by Gasteiger charge is 2.33. The molecule has 1 heterocycles. The second kappa shape index (κ2) is 9.35. The highest BCUT2D eigenvalue weighted by molar-refractivity contribution is 5.77. The van der Waals surface area contributed by atoms with Gasteiger partial charge in [-0.15, -0.1) is 0 Å². The predicted octanol–water partition coefficient (Wildman–Crippen LogP) is 2.28. The van der Waals surface area contributed by atoms with Gasteiger partial charge in [0.25, 0.3) is 0 Å². The van der Waals surface area contributed by atoms with Gasteiger partial charge in [0.2, 0.25) is 5.91 Å². The van der Waals surface area contributed by atoms with Gasteiger partial charge in [-0.05, 0) is 37.0 Å². The average Bonchev–Trinajstić information content (AvgIpc) is 2.58. The van der Waals surface area contributed by atoms with Gasteiger partial charge in [0, 0.05) is 45.6 Å².